The van der Waals surface area contributed by atoms with E-state index >= 15 is 0 Å². The predicted molar refractivity (Wildman–Crippen MR) is 83.6 cm³/mol. The highest BCUT2D eigenvalue weighted by atomic mass is 79.9. The molecule has 0 aliphatic heterocycles. The summed E-state index contributed by atoms with van der Waals surface area (Å²) in [4.78, 5) is 19.0. The van der Waals surface area contributed by atoms with Crippen LogP contribution in [0.3, 0.4) is 0 Å². The Hall–Kier alpha value is -2.54. The number of nitro groups is 1. The van der Waals surface area contributed by atoms with Crippen LogP contribution in [0.15, 0.2) is 53.3 Å². The van der Waals surface area contributed by atoms with E-state index in [-0.39, 0.29) is 11.5 Å². The third-order valence-corrected chi connectivity index (χ3v) is 3.35. The van der Waals surface area contributed by atoms with Gasteiger partial charge in [0.15, 0.2) is 0 Å². The number of benzene rings is 1. The van der Waals surface area contributed by atoms with Gasteiger partial charge in [-0.1, -0.05) is 18.2 Å². The molecular formula is C14H9BrN4O2. The van der Waals surface area contributed by atoms with Gasteiger partial charge in [-0.3, -0.25) is 15.1 Å². The first-order valence-corrected chi connectivity index (χ1v) is 6.85. The van der Waals surface area contributed by atoms with Crippen LogP contribution in [0.4, 0.5) is 17.2 Å². The number of nitrogens with one attached hydrogen (secondary N) is 1. The van der Waals surface area contributed by atoms with Crippen LogP contribution in [-0.2, 0) is 0 Å². The summed E-state index contributed by atoms with van der Waals surface area (Å²) in [6, 6.07) is 10.8. The van der Waals surface area contributed by atoms with Crippen LogP contribution in [0.2, 0.25) is 0 Å². The third kappa shape index (κ3) is 2.68. The molecule has 3 rings (SSSR count). The van der Waals surface area contributed by atoms with Gasteiger partial charge >= 0.3 is 5.69 Å². The molecule has 6 nitrogen and oxygen atoms in total. The Morgan fingerprint density at radius 3 is 2.81 bits per heavy atom. The lowest BCUT2D eigenvalue weighted by Crippen LogP contribution is -2.00. The lowest BCUT2D eigenvalue weighted by atomic mass is 10.2. The van der Waals surface area contributed by atoms with E-state index in [1.54, 1.807) is 6.20 Å². The van der Waals surface area contributed by atoms with Gasteiger partial charge in [0.05, 0.1) is 16.1 Å². The summed E-state index contributed by atoms with van der Waals surface area (Å²) < 4.78 is 0.552. The van der Waals surface area contributed by atoms with E-state index in [0.717, 1.165) is 10.9 Å². The highest BCUT2D eigenvalue weighted by molar-refractivity contribution is 9.10. The summed E-state index contributed by atoms with van der Waals surface area (Å²) in [5.74, 6) is 0.182. The number of para-hydroxylation sites is 1. The van der Waals surface area contributed by atoms with Crippen molar-refractivity contribution in [3.8, 4) is 0 Å². The van der Waals surface area contributed by atoms with Crippen molar-refractivity contribution in [3.05, 3.63) is 63.4 Å². The van der Waals surface area contributed by atoms with E-state index in [2.05, 4.69) is 31.2 Å². The van der Waals surface area contributed by atoms with Gasteiger partial charge in [-0.15, -0.1) is 0 Å². The zero-order valence-corrected chi connectivity index (χ0v) is 12.2. The standard InChI is InChI=1S/C14H9BrN4O2/c15-10-7-12(19(20)21)14(17-8-10)18-11-5-1-3-9-4-2-6-16-13(9)11/h1-8H,(H,17,18). The highest BCUT2D eigenvalue weighted by Gasteiger charge is 2.17. The largest absolute Gasteiger partial charge is 0.333 e. The summed E-state index contributed by atoms with van der Waals surface area (Å²) in [7, 11) is 0. The number of nitrogens with zero attached hydrogens (tertiary/aromatic N) is 3. The molecule has 0 fully saturated rings. The van der Waals surface area contributed by atoms with Gasteiger partial charge in [-0.05, 0) is 28.1 Å². The summed E-state index contributed by atoms with van der Waals surface area (Å²) in [6.45, 7) is 0. The second-order valence-electron chi connectivity index (χ2n) is 4.28. The first kappa shape index (κ1) is 13.4. The molecule has 0 saturated carbocycles. The molecule has 0 aliphatic carbocycles. The SMILES string of the molecule is O=[N+]([O-])c1cc(Br)cnc1Nc1cccc2cccnc12. The Balaban J connectivity index is 2.09. The van der Waals surface area contributed by atoms with Crippen molar-refractivity contribution in [2.24, 2.45) is 0 Å². The molecule has 104 valence electrons. The van der Waals surface area contributed by atoms with Crippen LogP contribution in [0.25, 0.3) is 10.9 Å². The molecule has 2 heterocycles. The average Bonchev–Trinajstić information content (AvgIpc) is 2.49. The molecule has 1 aromatic carbocycles. The molecule has 0 spiro atoms. The molecule has 1 N–H and O–H groups in total. The van der Waals surface area contributed by atoms with E-state index in [9.17, 15) is 10.1 Å². The maximum Gasteiger partial charge on any atom is 0.312 e. The Kier molecular flexibility index (Phi) is 3.49. The summed E-state index contributed by atoms with van der Waals surface area (Å²) in [5.41, 5.74) is 1.31. The number of rotatable bonds is 3. The monoisotopic (exact) mass is 344 g/mol. The Morgan fingerprint density at radius 2 is 2.00 bits per heavy atom. The number of halogens is 1. The summed E-state index contributed by atoms with van der Waals surface area (Å²) >= 11 is 3.18. The molecule has 0 aliphatic rings. The maximum atomic E-state index is 11.1. The van der Waals surface area contributed by atoms with Gasteiger partial charge in [-0.2, -0.15) is 0 Å². The molecule has 0 amide bonds. The minimum absolute atomic E-state index is 0.0997. The number of aromatic nitrogens is 2. The minimum Gasteiger partial charge on any atom is -0.333 e. The smallest absolute Gasteiger partial charge is 0.312 e. The highest BCUT2D eigenvalue weighted by Crippen LogP contribution is 2.30. The van der Waals surface area contributed by atoms with Gasteiger partial charge in [0.25, 0.3) is 0 Å². The molecule has 3 aromatic rings. The van der Waals surface area contributed by atoms with Gasteiger partial charge in [0, 0.05) is 28.3 Å². The molecule has 0 atom stereocenters. The second-order valence-corrected chi connectivity index (χ2v) is 5.20. The fourth-order valence-corrected chi connectivity index (χ4v) is 2.32. The summed E-state index contributed by atoms with van der Waals surface area (Å²) in [5, 5.41) is 15.1. The molecule has 21 heavy (non-hydrogen) atoms. The van der Waals surface area contributed by atoms with Crippen molar-refractivity contribution in [3.63, 3.8) is 0 Å². The zero-order chi connectivity index (χ0) is 14.8. The normalized spacial score (nSPS) is 10.5. The number of fused-ring (bicyclic) bond motifs is 1. The van der Waals surface area contributed by atoms with Crippen molar-refractivity contribution < 1.29 is 4.92 Å². The fourth-order valence-electron chi connectivity index (χ4n) is 2.00. The van der Waals surface area contributed by atoms with E-state index < -0.39 is 4.92 Å². The van der Waals surface area contributed by atoms with Gasteiger partial charge in [0.1, 0.15) is 0 Å². The van der Waals surface area contributed by atoms with Crippen molar-refractivity contribution in [1.82, 2.24) is 9.97 Å². The second kappa shape index (κ2) is 5.45. The average molecular weight is 345 g/mol. The first-order chi connectivity index (χ1) is 10.1. The van der Waals surface area contributed by atoms with Crippen molar-refractivity contribution >= 4 is 44.0 Å². The topological polar surface area (TPSA) is 81.0 Å². The van der Waals surface area contributed by atoms with Crippen LogP contribution in [0.1, 0.15) is 0 Å². The van der Waals surface area contributed by atoms with E-state index in [0.29, 0.717) is 10.2 Å². The predicted octanol–water partition coefficient (Wildman–Crippen LogP) is 4.04. The maximum absolute atomic E-state index is 11.1. The molecule has 0 unspecified atom stereocenters. The zero-order valence-electron chi connectivity index (χ0n) is 10.7. The molecule has 0 bridgehead atoms. The quantitative estimate of drug-likeness (QED) is 0.572. The number of hydrogen-bond acceptors (Lipinski definition) is 5. The fraction of sp³-hybridized carbons (Fsp3) is 0. The molecular weight excluding hydrogens is 336 g/mol. The van der Waals surface area contributed by atoms with Gasteiger partial charge in [0.2, 0.25) is 5.82 Å². The number of anilines is 2. The first-order valence-electron chi connectivity index (χ1n) is 6.06. The van der Waals surface area contributed by atoms with E-state index in [4.69, 9.17) is 0 Å². The Bertz CT molecular complexity index is 833. The van der Waals surface area contributed by atoms with Crippen molar-refractivity contribution in [2.75, 3.05) is 5.32 Å². The van der Waals surface area contributed by atoms with Crippen LogP contribution >= 0.6 is 15.9 Å². The van der Waals surface area contributed by atoms with E-state index in [1.165, 1.54) is 12.3 Å². The lowest BCUT2D eigenvalue weighted by Gasteiger charge is -2.08. The van der Waals surface area contributed by atoms with Gasteiger partial charge < -0.3 is 5.32 Å². The lowest BCUT2D eigenvalue weighted by molar-refractivity contribution is -0.384. The molecule has 0 saturated heterocycles. The number of pyridine rings is 2. The van der Waals surface area contributed by atoms with Crippen LogP contribution < -0.4 is 5.32 Å². The van der Waals surface area contributed by atoms with Gasteiger partial charge in [-0.25, -0.2) is 4.98 Å². The van der Waals surface area contributed by atoms with Crippen molar-refractivity contribution in [1.29, 1.82) is 0 Å². The van der Waals surface area contributed by atoms with Crippen LogP contribution in [0, 0.1) is 10.1 Å². The van der Waals surface area contributed by atoms with Crippen LogP contribution in [-0.4, -0.2) is 14.9 Å². The van der Waals surface area contributed by atoms with Crippen molar-refractivity contribution in [2.45, 2.75) is 0 Å². The summed E-state index contributed by atoms with van der Waals surface area (Å²) in [6.07, 6.45) is 3.19. The van der Waals surface area contributed by atoms with E-state index in [1.807, 2.05) is 30.3 Å². The molecule has 7 heteroatoms. The molecule has 2 aromatic heterocycles. The Labute approximate surface area is 128 Å². The van der Waals surface area contributed by atoms with Crippen LogP contribution in [0.5, 0.6) is 0 Å². The minimum atomic E-state index is -0.474. The Morgan fingerprint density at radius 1 is 1.19 bits per heavy atom. The molecule has 0 radical (unpaired) electrons. The third-order valence-electron chi connectivity index (χ3n) is 2.92. The number of hydrogen-bond donors (Lipinski definition) is 1.